The SMILES string of the molecule is CCC(Cl)C(=O)OOC(=O)CC1CO1. The Bertz CT molecular complexity index is 226. The normalized spacial score (nSPS) is 21.1. The molecule has 1 rings (SSSR count). The monoisotopic (exact) mass is 222 g/mol. The fraction of sp³-hybridized carbons (Fsp3) is 0.750. The molecule has 0 aromatic rings. The fourth-order valence-electron chi connectivity index (χ4n) is 0.712. The van der Waals surface area contributed by atoms with Crippen molar-refractivity contribution >= 4 is 23.5 Å². The third-order valence-electron chi connectivity index (χ3n) is 1.63. The van der Waals surface area contributed by atoms with Crippen LogP contribution in [0, 0.1) is 0 Å². The van der Waals surface area contributed by atoms with Gasteiger partial charge in [-0.2, -0.15) is 0 Å². The van der Waals surface area contributed by atoms with E-state index in [0.717, 1.165) is 0 Å². The van der Waals surface area contributed by atoms with E-state index in [1.54, 1.807) is 6.92 Å². The molecule has 14 heavy (non-hydrogen) atoms. The maximum atomic E-state index is 10.9. The van der Waals surface area contributed by atoms with Crippen molar-refractivity contribution in [2.24, 2.45) is 0 Å². The zero-order chi connectivity index (χ0) is 10.6. The number of rotatable bonds is 4. The summed E-state index contributed by atoms with van der Waals surface area (Å²) in [5.74, 6) is -1.37. The van der Waals surface area contributed by atoms with Gasteiger partial charge in [0, 0.05) is 0 Å². The lowest BCUT2D eigenvalue weighted by Gasteiger charge is -2.04. The number of ether oxygens (including phenoxy) is 1. The van der Waals surface area contributed by atoms with E-state index in [4.69, 9.17) is 16.3 Å². The van der Waals surface area contributed by atoms with Crippen molar-refractivity contribution in [3.05, 3.63) is 0 Å². The summed E-state index contributed by atoms with van der Waals surface area (Å²) < 4.78 is 4.79. The van der Waals surface area contributed by atoms with Crippen molar-refractivity contribution < 1.29 is 24.1 Å². The van der Waals surface area contributed by atoms with Gasteiger partial charge in [-0.3, -0.25) is 0 Å². The standard InChI is InChI=1S/C8H11ClO5/c1-2-6(9)8(11)14-13-7(10)3-5-4-12-5/h5-6H,2-4H2,1H3. The number of hydrogen-bond donors (Lipinski definition) is 0. The van der Waals surface area contributed by atoms with Crippen molar-refractivity contribution in [1.82, 2.24) is 0 Å². The highest BCUT2D eigenvalue weighted by Gasteiger charge is 2.28. The minimum absolute atomic E-state index is 0.0841. The largest absolute Gasteiger partial charge is 0.373 e. The number of alkyl halides is 1. The average molecular weight is 223 g/mol. The Hall–Kier alpha value is -0.810. The van der Waals surface area contributed by atoms with Crippen LogP contribution < -0.4 is 0 Å². The van der Waals surface area contributed by atoms with Crippen LogP contribution in [0.2, 0.25) is 0 Å². The summed E-state index contributed by atoms with van der Waals surface area (Å²) in [4.78, 5) is 30.2. The molecule has 1 saturated heterocycles. The van der Waals surface area contributed by atoms with Gasteiger partial charge in [0.25, 0.3) is 0 Å². The highest BCUT2D eigenvalue weighted by atomic mass is 35.5. The molecule has 5 nitrogen and oxygen atoms in total. The molecule has 0 bridgehead atoms. The quantitative estimate of drug-likeness (QED) is 0.305. The molecule has 1 heterocycles. The zero-order valence-electron chi connectivity index (χ0n) is 7.70. The van der Waals surface area contributed by atoms with Gasteiger partial charge in [-0.25, -0.2) is 19.4 Å². The van der Waals surface area contributed by atoms with Gasteiger partial charge in [0.15, 0.2) is 0 Å². The molecule has 0 saturated carbocycles. The first-order chi connectivity index (χ1) is 6.63. The van der Waals surface area contributed by atoms with E-state index in [9.17, 15) is 9.59 Å². The van der Waals surface area contributed by atoms with Crippen LogP contribution in [0.25, 0.3) is 0 Å². The summed E-state index contributed by atoms with van der Waals surface area (Å²) in [6.07, 6.45) is 0.440. The second-order valence-corrected chi connectivity index (χ2v) is 3.42. The number of halogens is 1. The van der Waals surface area contributed by atoms with E-state index >= 15 is 0 Å². The molecule has 0 aliphatic carbocycles. The maximum Gasteiger partial charge on any atom is 0.373 e. The topological polar surface area (TPSA) is 65.1 Å². The van der Waals surface area contributed by atoms with Crippen LogP contribution in [0.4, 0.5) is 0 Å². The summed E-state index contributed by atoms with van der Waals surface area (Å²) in [6.45, 7) is 2.27. The van der Waals surface area contributed by atoms with Crippen LogP contribution in [0.1, 0.15) is 19.8 Å². The molecule has 0 aromatic carbocycles. The molecule has 80 valence electrons. The molecule has 1 aliphatic rings. The van der Waals surface area contributed by atoms with E-state index in [0.29, 0.717) is 13.0 Å². The summed E-state index contributed by atoms with van der Waals surface area (Å²) in [5.41, 5.74) is 0. The van der Waals surface area contributed by atoms with Crippen LogP contribution in [-0.4, -0.2) is 30.0 Å². The number of carbonyl (C=O) groups is 2. The summed E-state index contributed by atoms with van der Waals surface area (Å²) in [5, 5.41) is -0.778. The lowest BCUT2D eigenvalue weighted by molar-refractivity contribution is -0.259. The molecule has 2 atom stereocenters. The Morgan fingerprint density at radius 1 is 1.57 bits per heavy atom. The van der Waals surface area contributed by atoms with Crippen LogP contribution in [0.15, 0.2) is 0 Å². The summed E-state index contributed by atoms with van der Waals surface area (Å²) >= 11 is 5.53. The Labute approximate surface area is 86.2 Å². The zero-order valence-corrected chi connectivity index (χ0v) is 8.45. The third-order valence-corrected chi connectivity index (χ3v) is 2.11. The number of carbonyl (C=O) groups excluding carboxylic acids is 2. The van der Waals surface area contributed by atoms with Crippen molar-refractivity contribution in [3.8, 4) is 0 Å². The van der Waals surface area contributed by atoms with Gasteiger partial charge in [-0.1, -0.05) is 6.92 Å². The lowest BCUT2D eigenvalue weighted by atomic mass is 10.3. The van der Waals surface area contributed by atoms with Crippen molar-refractivity contribution in [2.75, 3.05) is 6.61 Å². The van der Waals surface area contributed by atoms with Gasteiger partial charge < -0.3 is 4.74 Å². The highest BCUT2D eigenvalue weighted by Crippen LogP contribution is 2.14. The maximum absolute atomic E-state index is 10.9. The second-order valence-electron chi connectivity index (χ2n) is 2.89. The van der Waals surface area contributed by atoms with Crippen molar-refractivity contribution in [1.29, 1.82) is 0 Å². The molecule has 6 heteroatoms. The van der Waals surface area contributed by atoms with Gasteiger partial charge in [0.2, 0.25) is 0 Å². The van der Waals surface area contributed by atoms with Gasteiger partial charge in [-0.15, -0.1) is 11.6 Å². The second kappa shape index (κ2) is 5.17. The molecule has 0 spiro atoms. The smallest absolute Gasteiger partial charge is 0.372 e. The third kappa shape index (κ3) is 3.93. The Kier molecular flexibility index (Phi) is 4.16. The van der Waals surface area contributed by atoms with E-state index < -0.39 is 17.3 Å². The van der Waals surface area contributed by atoms with Gasteiger partial charge in [0.05, 0.1) is 19.1 Å². The lowest BCUT2D eigenvalue weighted by Crippen LogP contribution is -2.20. The van der Waals surface area contributed by atoms with E-state index in [1.165, 1.54) is 0 Å². The molecule has 0 N–H and O–H groups in total. The fourth-order valence-corrected chi connectivity index (χ4v) is 0.749. The van der Waals surface area contributed by atoms with E-state index in [2.05, 4.69) is 9.78 Å². The van der Waals surface area contributed by atoms with Crippen LogP contribution in [-0.2, 0) is 24.1 Å². The van der Waals surface area contributed by atoms with Gasteiger partial charge in [0.1, 0.15) is 5.38 Å². The number of hydrogen-bond acceptors (Lipinski definition) is 5. The molecule has 0 aromatic heterocycles. The van der Waals surface area contributed by atoms with Crippen molar-refractivity contribution in [2.45, 2.75) is 31.2 Å². The Balaban J connectivity index is 2.11. The first kappa shape index (κ1) is 11.3. The molecule has 0 amide bonds. The van der Waals surface area contributed by atoms with E-state index in [-0.39, 0.29) is 12.5 Å². The predicted octanol–water partition coefficient (Wildman–Crippen LogP) is 0.794. The Morgan fingerprint density at radius 3 is 2.71 bits per heavy atom. The summed E-state index contributed by atoms with van der Waals surface area (Å²) in [7, 11) is 0. The summed E-state index contributed by atoms with van der Waals surface area (Å²) in [6, 6.07) is 0. The first-order valence-corrected chi connectivity index (χ1v) is 4.74. The Morgan fingerprint density at radius 2 is 2.21 bits per heavy atom. The van der Waals surface area contributed by atoms with Gasteiger partial charge >= 0.3 is 11.9 Å². The van der Waals surface area contributed by atoms with Crippen molar-refractivity contribution in [3.63, 3.8) is 0 Å². The minimum Gasteiger partial charge on any atom is -0.372 e. The molecule has 2 unspecified atom stereocenters. The van der Waals surface area contributed by atoms with Crippen LogP contribution in [0.5, 0.6) is 0 Å². The molecular weight excluding hydrogens is 212 g/mol. The van der Waals surface area contributed by atoms with Gasteiger partial charge in [-0.05, 0) is 6.42 Å². The van der Waals surface area contributed by atoms with Crippen LogP contribution >= 0.6 is 11.6 Å². The molecule has 1 fully saturated rings. The van der Waals surface area contributed by atoms with Crippen LogP contribution in [0.3, 0.4) is 0 Å². The predicted molar refractivity (Wildman–Crippen MR) is 46.5 cm³/mol. The average Bonchev–Trinajstić information content (AvgIpc) is 2.96. The first-order valence-electron chi connectivity index (χ1n) is 4.30. The van der Waals surface area contributed by atoms with E-state index in [1.807, 2.05) is 0 Å². The molecular formula is C8H11ClO5. The molecule has 1 aliphatic heterocycles. The molecule has 0 radical (unpaired) electrons. The number of epoxide rings is 1. The minimum atomic E-state index is -0.778. The highest BCUT2D eigenvalue weighted by molar-refractivity contribution is 6.29.